The highest BCUT2D eigenvalue weighted by molar-refractivity contribution is 5.81. The van der Waals surface area contributed by atoms with Crippen molar-refractivity contribution >= 4 is 16.7 Å². The molecule has 0 amide bonds. The second-order valence-electron chi connectivity index (χ2n) is 6.33. The fourth-order valence-electron chi connectivity index (χ4n) is 2.72. The Balaban J connectivity index is 2.34. The molecule has 3 N–H and O–H groups in total. The molecule has 0 saturated heterocycles. The van der Waals surface area contributed by atoms with Crippen molar-refractivity contribution in [3.8, 4) is 0 Å². The number of anilines is 1. The van der Waals surface area contributed by atoms with E-state index >= 15 is 0 Å². The van der Waals surface area contributed by atoms with Crippen LogP contribution < -0.4 is 11.1 Å². The molecule has 1 atom stereocenters. The zero-order valence-corrected chi connectivity index (χ0v) is 12.9. The molecule has 1 aromatic heterocycles. The van der Waals surface area contributed by atoms with Crippen LogP contribution in [0.2, 0.25) is 0 Å². The molecule has 1 aromatic carbocycles. The van der Waals surface area contributed by atoms with Gasteiger partial charge in [-0.15, -0.1) is 0 Å². The first-order valence-electron chi connectivity index (χ1n) is 7.28. The summed E-state index contributed by atoms with van der Waals surface area (Å²) in [6.07, 6.45) is 1.03. The SMILES string of the molecule is Cc1cc2ccccc2nc1NC(C)(CN)CC(C)C. The van der Waals surface area contributed by atoms with Gasteiger partial charge in [0.05, 0.1) is 5.52 Å². The number of hydrogen-bond acceptors (Lipinski definition) is 3. The van der Waals surface area contributed by atoms with E-state index in [9.17, 15) is 0 Å². The van der Waals surface area contributed by atoms with Gasteiger partial charge >= 0.3 is 0 Å². The van der Waals surface area contributed by atoms with E-state index < -0.39 is 0 Å². The molecule has 20 heavy (non-hydrogen) atoms. The van der Waals surface area contributed by atoms with Crippen molar-refractivity contribution < 1.29 is 0 Å². The van der Waals surface area contributed by atoms with Gasteiger partial charge in [-0.25, -0.2) is 4.98 Å². The first kappa shape index (κ1) is 14.8. The molecular weight excluding hydrogens is 246 g/mol. The average Bonchev–Trinajstić information content (AvgIpc) is 2.39. The number of pyridine rings is 1. The lowest BCUT2D eigenvalue weighted by Gasteiger charge is -2.32. The third-order valence-corrected chi connectivity index (χ3v) is 3.64. The molecule has 1 unspecified atom stereocenters. The third-order valence-electron chi connectivity index (χ3n) is 3.64. The summed E-state index contributed by atoms with van der Waals surface area (Å²) in [7, 11) is 0. The Morgan fingerprint density at radius 3 is 2.65 bits per heavy atom. The summed E-state index contributed by atoms with van der Waals surface area (Å²) in [4.78, 5) is 4.75. The minimum absolute atomic E-state index is 0.117. The van der Waals surface area contributed by atoms with Crippen molar-refractivity contribution in [1.29, 1.82) is 0 Å². The Labute approximate surface area is 121 Å². The van der Waals surface area contributed by atoms with Gasteiger partial charge < -0.3 is 11.1 Å². The summed E-state index contributed by atoms with van der Waals surface area (Å²) >= 11 is 0. The fourth-order valence-corrected chi connectivity index (χ4v) is 2.72. The standard InChI is InChI=1S/C17H25N3/c1-12(2)10-17(4,11-18)20-16-13(3)9-14-7-5-6-8-15(14)19-16/h5-9,12H,10-11,18H2,1-4H3,(H,19,20). The van der Waals surface area contributed by atoms with Crippen molar-refractivity contribution in [2.24, 2.45) is 11.7 Å². The van der Waals surface area contributed by atoms with Gasteiger partial charge in [-0.05, 0) is 43.9 Å². The average molecular weight is 271 g/mol. The molecule has 0 aliphatic rings. The smallest absolute Gasteiger partial charge is 0.130 e. The molecule has 1 heterocycles. The predicted molar refractivity (Wildman–Crippen MR) is 87.0 cm³/mol. The van der Waals surface area contributed by atoms with Crippen LogP contribution in [0.3, 0.4) is 0 Å². The monoisotopic (exact) mass is 271 g/mol. The lowest BCUT2D eigenvalue weighted by atomic mass is 9.90. The molecule has 0 spiro atoms. The molecule has 2 rings (SSSR count). The highest BCUT2D eigenvalue weighted by atomic mass is 15.1. The van der Waals surface area contributed by atoms with Gasteiger partial charge in [0, 0.05) is 17.5 Å². The van der Waals surface area contributed by atoms with E-state index in [0.717, 1.165) is 23.3 Å². The summed E-state index contributed by atoms with van der Waals surface area (Å²) in [5.74, 6) is 1.54. The predicted octanol–water partition coefficient (Wildman–Crippen LogP) is 3.72. The number of para-hydroxylation sites is 1. The molecule has 0 aliphatic heterocycles. The molecule has 0 aliphatic carbocycles. The van der Waals surface area contributed by atoms with Crippen LogP contribution in [0, 0.1) is 12.8 Å². The Kier molecular flexibility index (Phi) is 4.29. The number of benzene rings is 1. The van der Waals surface area contributed by atoms with Gasteiger partial charge in [0.15, 0.2) is 0 Å². The Bertz CT molecular complexity index is 592. The second kappa shape index (κ2) is 5.80. The fraction of sp³-hybridized carbons (Fsp3) is 0.471. The van der Waals surface area contributed by atoms with Gasteiger partial charge in [0.1, 0.15) is 5.82 Å². The van der Waals surface area contributed by atoms with Crippen molar-refractivity contribution in [3.05, 3.63) is 35.9 Å². The van der Waals surface area contributed by atoms with Crippen LogP contribution in [0.15, 0.2) is 30.3 Å². The van der Waals surface area contributed by atoms with Crippen molar-refractivity contribution in [2.75, 3.05) is 11.9 Å². The van der Waals surface area contributed by atoms with E-state index in [1.54, 1.807) is 0 Å². The van der Waals surface area contributed by atoms with E-state index in [0.29, 0.717) is 12.5 Å². The highest BCUT2D eigenvalue weighted by Crippen LogP contribution is 2.25. The van der Waals surface area contributed by atoms with Crippen LogP contribution >= 0.6 is 0 Å². The number of aryl methyl sites for hydroxylation is 1. The van der Waals surface area contributed by atoms with E-state index in [-0.39, 0.29) is 5.54 Å². The number of hydrogen-bond donors (Lipinski definition) is 2. The molecule has 0 fully saturated rings. The van der Waals surface area contributed by atoms with Gasteiger partial charge in [0.2, 0.25) is 0 Å². The second-order valence-corrected chi connectivity index (χ2v) is 6.33. The molecular formula is C17H25N3. The topological polar surface area (TPSA) is 50.9 Å². The zero-order valence-electron chi connectivity index (χ0n) is 12.9. The van der Waals surface area contributed by atoms with Gasteiger partial charge in [0.25, 0.3) is 0 Å². The summed E-state index contributed by atoms with van der Waals surface area (Å²) in [6, 6.07) is 10.4. The first-order chi connectivity index (χ1) is 9.43. The van der Waals surface area contributed by atoms with Gasteiger partial charge in [-0.2, -0.15) is 0 Å². The van der Waals surface area contributed by atoms with Crippen molar-refractivity contribution in [1.82, 2.24) is 4.98 Å². The van der Waals surface area contributed by atoms with Gasteiger partial charge in [-0.1, -0.05) is 32.0 Å². The molecule has 0 bridgehead atoms. The molecule has 3 nitrogen and oxygen atoms in total. The molecule has 108 valence electrons. The molecule has 3 heteroatoms. The number of rotatable bonds is 5. The summed E-state index contributed by atoms with van der Waals surface area (Å²) in [5.41, 5.74) is 8.04. The highest BCUT2D eigenvalue weighted by Gasteiger charge is 2.24. The van der Waals surface area contributed by atoms with Crippen LogP contribution in [-0.2, 0) is 0 Å². The van der Waals surface area contributed by atoms with Crippen LogP contribution in [0.25, 0.3) is 10.9 Å². The Hall–Kier alpha value is -1.61. The number of nitrogens with zero attached hydrogens (tertiary/aromatic N) is 1. The van der Waals surface area contributed by atoms with Crippen LogP contribution in [0.5, 0.6) is 0 Å². The summed E-state index contributed by atoms with van der Waals surface area (Å²) < 4.78 is 0. The normalized spacial score (nSPS) is 14.5. The quantitative estimate of drug-likeness (QED) is 0.871. The number of fused-ring (bicyclic) bond motifs is 1. The van der Waals surface area contributed by atoms with E-state index in [1.807, 2.05) is 18.2 Å². The van der Waals surface area contributed by atoms with E-state index in [2.05, 4.69) is 45.1 Å². The summed E-state index contributed by atoms with van der Waals surface area (Å²) in [5, 5.41) is 4.74. The van der Waals surface area contributed by atoms with Crippen LogP contribution in [0.4, 0.5) is 5.82 Å². The Morgan fingerprint density at radius 2 is 2.00 bits per heavy atom. The molecule has 2 aromatic rings. The van der Waals surface area contributed by atoms with Gasteiger partial charge in [-0.3, -0.25) is 0 Å². The molecule has 0 radical (unpaired) electrons. The number of nitrogens with two attached hydrogens (primary N) is 1. The first-order valence-corrected chi connectivity index (χ1v) is 7.28. The number of aromatic nitrogens is 1. The maximum Gasteiger partial charge on any atom is 0.130 e. The van der Waals surface area contributed by atoms with E-state index in [4.69, 9.17) is 10.7 Å². The number of nitrogens with one attached hydrogen (secondary N) is 1. The van der Waals surface area contributed by atoms with E-state index in [1.165, 1.54) is 5.39 Å². The minimum Gasteiger partial charge on any atom is -0.363 e. The zero-order chi connectivity index (χ0) is 14.8. The van der Waals surface area contributed by atoms with Crippen LogP contribution in [-0.4, -0.2) is 17.1 Å². The third kappa shape index (κ3) is 3.28. The van der Waals surface area contributed by atoms with Crippen molar-refractivity contribution in [3.63, 3.8) is 0 Å². The minimum atomic E-state index is -0.117. The summed E-state index contributed by atoms with van der Waals surface area (Å²) in [6.45, 7) is 9.29. The van der Waals surface area contributed by atoms with Crippen molar-refractivity contribution in [2.45, 2.75) is 39.7 Å². The molecule has 0 saturated carbocycles. The van der Waals surface area contributed by atoms with Crippen LogP contribution in [0.1, 0.15) is 32.8 Å². The lowest BCUT2D eigenvalue weighted by Crippen LogP contribution is -2.44. The maximum absolute atomic E-state index is 5.98. The largest absolute Gasteiger partial charge is 0.363 e. The Morgan fingerprint density at radius 1 is 1.30 bits per heavy atom. The maximum atomic E-state index is 5.98. The lowest BCUT2D eigenvalue weighted by molar-refractivity contribution is 0.406.